The molecule has 3 nitrogen and oxygen atoms in total. The number of hydrogen-bond acceptors (Lipinski definition) is 3. The molecule has 0 radical (unpaired) electrons. The predicted molar refractivity (Wildman–Crippen MR) is 82.2 cm³/mol. The molecule has 19 heavy (non-hydrogen) atoms. The third-order valence-corrected chi connectivity index (χ3v) is 5.15. The molecule has 1 aliphatic carbocycles. The lowest BCUT2D eigenvalue weighted by Crippen LogP contribution is -2.61. The Morgan fingerprint density at radius 1 is 0.947 bits per heavy atom. The van der Waals surface area contributed by atoms with Crippen LogP contribution in [0.4, 0.5) is 0 Å². The Balaban J connectivity index is 1.94. The molecule has 1 saturated heterocycles. The fourth-order valence-corrected chi connectivity index (χ4v) is 4.22. The van der Waals surface area contributed by atoms with Crippen molar-refractivity contribution in [2.75, 3.05) is 26.2 Å². The Kier molecular flexibility index (Phi) is 4.59. The van der Waals surface area contributed by atoms with Crippen molar-refractivity contribution in [3.05, 3.63) is 0 Å². The van der Waals surface area contributed by atoms with E-state index in [2.05, 4.69) is 44.4 Å². The molecule has 0 spiro atoms. The molecule has 0 aromatic rings. The van der Waals surface area contributed by atoms with Crippen molar-refractivity contribution in [2.24, 2.45) is 17.6 Å². The summed E-state index contributed by atoms with van der Waals surface area (Å²) >= 11 is 0. The van der Waals surface area contributed by atoms with Gasteiger partial charge in [0.15, 0.2) is 0 Å². The van der Waals surface area contributed by atoms with Crippen molar-refractivity contribution in [2.45, 2.75) is 65.1 Å². The molecule has 112 valence electrons. The second-order valence-corrected chi connectivity index (χ2v) is 7.90. The summed E-state index contributed by atoms with van der Waals surface area (Å²) in [6, 6.07) is 0.984. The first-order chi connectivity index (χ1) is 8.79. The third-order valence-electron chi connectivity index (χ3n) is 5.15. The Bertz CT molecular complexity index is 277. The Labute approximate surface area is 119 Å². The quantitative estimate of drug-likeness (QED) is 0.790. The van der Waals surface area contributed by atoms with E-state index in [4.69, 9.17) is 5.73 Å². The number of piperazine rings is 1. The third kappa shape index (κ3) is 3.50. The average Bonchev–Trinajstić information content (AvgIpc) is 2.27. The number of rotatable bonds is 1. The molecule has 2 fully saturated rings. The highest BCUT2D eigenvalue weighted by atomic mass is 15.3. The van der Waals surface area contributed by atoms with Crippen LogP contribution in [0.15, 0.2) is 0 Å². The molecule has 0 aromatic carbocycles. The van der Waals surface area contributed by atoms with Gasteiger partial charge in [0.05, 0.1) is 0 Å². The van der Waals surface area contributed by atoms with Crippen LogP contribution in [0.1, 0.15) is 47.5 Å². The zero-order valence-corrected chi connectivity index (χ0v) is 13.5. The Morgan fingerprint density at radius 3 is 2.00 bits per heavy atom. The standard InChI is InChI=1S/C16H33N3/c1-12-10-13(2)15(14(17)11-12)18-6-8-19(9-7-18)16(3,4)5/h12-15H,6-11,17H2,1-5H3. The van der Waals surface area contributed by atoms with Crippen molar-refractivity contribution in [3.63, 3.8) is 0 Å². The molecular formula is C16H33N3. The van der Waals surface area contributed by atoms with Crippen LogP contribution in [-0.2, 0) is 0 Å². The summed E-state index contributed by atoms with van der Waals surface area (Å²) in [7, 11) is 0. The molecule has 0 aromatic heterocycles. The van der Waals surface area contributed by atoms with E-state index in [0.29, 0.717) is 17.6 Å². The average molecular weight is 267 g/mol. The first-order valence-electron chi connectivity index (χ1n) is 8.03. The van der Waals surface area contributed by atoms with Gasteiger partial charge in [-0.2, -0.15) is 0 Å². The highest BCUT2D eigenvalue weighted by molar-refractivity contribution is 4.94. The molecule has 2 rings (SSSR count). The van der Waals surface area contributed by atoms with Gasteiger partial charge in [-0.1, -0.05) is 13.8 Å². The summed E-state index contributed by atoms with van der Waals surface area (Å²) in [5.74, 6) is 1.55. The fourth-order valence-electron chi connectivity index (χ4n) is 4.22. The van der Waals surface area contributed by atoms with E-state index in [1.165, 1.54) is 39.0 Å². The van der Waals surface area contributed by atoms with E-state index in [1.807, 2.05) is 0 Å². The van der Waals surface area contributed by atoms with Crippen LogP contribution < -0.4 is 5.73 Å². The van der Waals surface area contributed by atoms with Crippen LogP contribution in [0.2, 0.25) is 0 Å². The molecule has 2 N–H and O–H groups in total. The van der Waals surface area contributed by atoms with Gasteiger partial charge in [-0.3, -0.25) is 9.80 Å². The van der Waals surface area contributed by atoms with Gasteiger partial charge in [0, 0.05) is 43.8 Å². The first kappa shape index (κ1) is 15.3. The van der Waals surface area contributed by atoms with Crippen LogP contribution in [0.3, 0.4) is 0 Å². The van der Waals surface area contributed by atoms with Crippen LogP contribution in [0, 0.1) is 11.8 Å². The lowest BCUT2D eigenvalue weighted by atomic mass is 9.76. The summed E-state index contributed by atoms with van der Waals surface area (Å²) in [5.41, 5.74) is 6.76. The highest BCUT2D eigenvalue weighted by Gasteiger charge is 2.37. The van der Waals surface area contributed by atoms with Crippen molar-refractivity contribution in [1.82, 2.24) is 9.80 Å². The maximum atomic E-state index is 6.46. The van der Waals surface area contributed by atoms with Crippen molar-refractivity contribution >= 4 is 0 Å². The molecule has 1 saturated carbocycles. The second kappa shape index (κ2) is 5.71. The first-order valence-corrected chi connectivity index (χ1v) is 8.03. The van der Waals surface area contributed by atoms with Crippen molar-refractivity contribution < 1.29 is 0 Å². The lowest BCUT2D eigenvalue weighted by Gasteiger charge is -2.49. The Morgan fingerprint density at radius 2 is 1.53 bits per heavy atom. The van der Waals surface area contributed by atoms with Gasteiger partial charge < -0.3 is 5.73 Å². The lowest BCUT2D eigenvalue weighted by molar-refractivity contribution is 0.00548. The number of nitrogens with zero attached hydrogens (tertiary/aromatic N) is 2. The summed E-state index contributed by atoms with van der Waals surface area (Å²) in [5, 5.41) is 0. The minimum absolute atomic E-state index is 0.306. The topological polar surface area (TPSA) is 32.5 Å². The van der Waals surface area contributed by atoms with E-state index in [-0.39, 0.29) is 0 Å². The zero-order valence-electron chi connectivity index (χ0n) is 13.5. The van der Waals surface area contributed by atoms with E-state index in [9.17, 15) is 0 Å². The van der Waals surface area contributed by atoms with Crippen LogP contribution in [-0.4, -0.2) is 53.6 Å². The van der Waals surface area contributed by atoms with Crippen LogP contribution in [0.25, 0.3) is 0 Å². The summed E-state index contributed by atoms with van der Waals surface area (Å²) in [6.07, 6.45) is 2.55. The van der Waals surface area contributed by atoms with Gasteiger partial charge in [0.2, 0.25) is 0 Å². The van der Waals surface area contributed by atoms with Gasteiger partial charge in [0.1, 0.15) is 0 Å². The smallest absolute Gasteiger partial charge is 0.0274 e. The SMILES string of the molecule is CC1CC(C)C(N2CCN(C(C)(C)C)CC2)C(N)C1. The van der Waals surface area contributed by atoms with E-state index in [1.54, 1.807) is 0 Å². The maximum absolute atomic E-state index is 6.46. The van der Waals surface area contributed by atoms with E-state index >= 15 is 0 Å². The van der Waals surface area contributed by atoms with Crippen LogP contribution >= 0.6 is 0 Å². The maximum Gasteiger partial charge on any atom is 0.0274 e. The van der Waals surface area contributed by atoms with Gasteiger partial charge in [-0.05, 0) is 45.4 Å². The van der Waals surface area contributed by atoms with Crippen molar-refractivity contribution in [3.8, 4) is 0 Å². The molecule has 3 heteroatoms. The highest BCUT2D eigenvalue weighted by Crippen LogP contribution is 2.32. The second-order valence-electron chi connectivity index (χ2n) is 7.90. The minimum Gasteiger partial charge on any atom is -0.326 e. The minimum atomic E-state index is 0.306. The van der Waals surface area contributed by atoms with E-state index < -0.39 is 0 Å². The van der Waals surface area contributed by atoms with Crippen LogP contribution in [0.5, 0.6) is 0 Å². The Hall–Kier alpha value is -0.120. The zero-order chi connectivity index (χ0) is 14.2. The predicted octanol–water partition coefficient (Wildman–Crippen LogP) is 2.16. The number of hydrogen-bond donors (Lipinski definition) is 1. The summed E-state index contributed by atoms with van der Waals surface area (Å²) in [4.78, 5) is 5.27. The molecule has 1 aliphatic heterocycles. The molecule has 0 amide bonds. The van der Waals surface area contributed by atoms with Gasteiger partial charge >= 0.3 is 0 Å². The molecule has 2 aliphatic rings. The summed E-state index contributed by atoms with van der Waals surface area (Å²) < 4.78 is 0. The molecule has 0 bridgehead atoms. The van der Waals surface area contributed by atoms with E-state index in [0.717, 1.165) is 11.8 Å². The molecular weight excluding hydrogens is 234 g/mol. The fraction of sp³-hybridized carbons (Fsp3) is 1.00. The van der Waals surface area contributed by atoms with Gasteiger partial charge in [-0.15, -0.1) is 0 Å². The normalized spacial score (nSPS) is 39.5. The monoisotopic (exact) mass is 267 g/mol. The van der Waals surface area contributed by atoms with Crippen molar-refractivity contribution in [1.29, 1.82) is 0 Å². The molecule has 4 atom stereocenters. The molecule has 4 unspecified atom stereocenters. The van der Waals surface area contributed by atoms with Gasteiger partial charge in [-0.25, -0.2) is 0 Å². The number of nitrogens with two attached hydrogens (primary N) is 1. The summed E-state index contributed by atoms with van der Waals surface area (Å²) in [6.45, 7) is 16.5. The van der Waals surface area contributed by atoms with Gasteiger partial charge in [0.25, 0.3) is 0 Å². The molecule has 1 heterocycles. The largest absolute Gasteiger partial charge is 0.326 e.